The minimum Gasteiger partial charge on any atom is -0.479 e. The standard InChI is InChI=1S/C34H28BrIN2O4S/c1-5-16-42-31-24(17-25(35)19-26(31)36)18-27-32(39)38-30(23-14-12-21(13-15-23)20(3)4)28(33(40)41-6-2)29(37-34(38)43-27)22-10-8-7-9-11-22/h1,7-15,17-20,30H,6,16H2,2-4H3/b27-18-/t30-/m1/s1. The molecule has 0 N–H and O–H groups in total. The number of aromatic nitrogens is 1. The highest BCUT2D eigenvalue weighted by molar-refractivity contribution is 14.1. The Morgan fingerprint density at radius 3 is 2.56 bits per heavy atom. The minimum atomic E-state index is -0.742. The third kappa shape index (κ3) is 6.42. The zero-order valence-corrected chi connectivity index (χ0v) is 28.3. The van der Waals surface area contributed by atoms with E-state index in [1.165, 1.54) is 11.3 Å². The van der Waals surface area contributed by atoms with E-state index < -0.39 is 12.0 Å². The zero-order valence-electron chi connectivity index (χ0n) is 23.8. The van der Waals surface area contributed by atoms with Crippen LogP contribution < -0.4 is 19.6 Å². The van der Waals surface area contributed by atoms with Gasteiger partial charge in [-0.3, -0.25) is 9.36 Å². The lowest BCUT2D eigenvalue weighted by Gasteiger charge is -2.26. The van der Waals surface area contributed by atoms with Crippen LogP contribution in [-0.2, 0) is 9.53 Å². The molecule has 6 nitrogen and oxygen atoms in total. The van der Waals surface area contributed by atoms with Gasteiger partial charge in [-0.15, -0.1) is 6.42 Å². The number of halogens is 2. The molecule has 5 rings (SSSR count). The molecule has 2 heterocycles. The lowest BCUT2D eigenvalue weighted by Crippen LogP contribution is -2.40. The normalized spacial score (nSPS) is 14.7. The summed E-state index contributed by atoms with van der Waals surface area (Å²) in [5, 5.41) is 0. The minimum absolute atomic E-state index is 0.0927. The molecule has 0 fully saturated rings. The molecule has 4 aromatic rings. The van der Waals surface area contributed by atoms with Gasteiger partial charge >= 0.3 is 5.97 Å². The van der Waals surface area contributed by atoms with Crippen LogP contribution in [-0.4, -0.2) is 23.8 Å². The van der Waals surface area contributed by atoms with Gasteiger partial charge in [-0.25, -0.2) is 9.79 Å². The summed E-state index contributed by atoms with van der Waals surface area (Å²) < 4.78 is 15.2. The number of hydrogen-bond donors (Lipinski definition) is 0. The number of benzene rings is 3. The number of ether oxygens (including phenoxy) is 2. The first-order valence-corrected chi connectivity index (χ1v) is 16.4. The highest BCUT2D eigenvalue weighted by atomic mass is 127. The number of nitrogens with zero attached hydrogens (tertiary/aromatic N) is 2. The van der Waals surface area contributed by atoms with Crippen LogP contribution in [0, 0.1) is 15.9 Å². The smallest absolute Gasteiger partial charge is 0.338 e. The van der Waals surface area contributed by atoms with Crippen LogP contribution in [0.2, 0.25) is 0 Å². The van der Waals surface area contributed by atoms with Gasteiger partial charge < -0.3 is 9.47 Å². The third-order valence-electron chi connectivity index (χ3n) is 6.92. The molecule has 1 atom stereocenters. The van der Waals surface area contributed by atoms with Crippen LogP contribution in [0.15, 0.2) is 86.6 Å². The van der Waals surface area contributed by atoms with E-state index in [9.17, 15) is 9.59 Å². The molecular weight excluding hydrogens is 739 g/mol. The Morgan fingerprint density at radius 2 is 1.91 bits per heavy atom. The summed E-state index contributed by atoms with van der Waals surface area (Å²) in [6, 6.07) is 20.6. The largest absolute Gasteiger partial charge is 0.479 e. The topological polar surface area (TPSA) is 69.9 Å². The van der Waals surface area contributed by atoms with Crippen molar-refractivity contribution in [1.29, 1.82) is 0 Å². The molecule has 0 saturated carbocycles. The van der Waals surface area contributed by atoms with Gasteiger partial charge in [0.1, 0.15) is 12.4 Å². The first-order valence-electron chi connectivity index (χ1n) is 13.7. The molecule has 3 aromatic carbocycles. The van der Waals surface area contributed by atoms with Gasteiger partial charge in [0.05, 0.1) is 32.0 Å². The van der Waals surface area contributed by atoms with E-state index >= 15 is 0 Å². The van der Waals surface area contributed by atoms with E-state index in [0.717, 1.165) is 24.7 Å². The Balaban J connectivity index is 1.82. The first-order chi connectivity index (χ1) is 20.7. The fraction of sp³-hybridized carbons (Fsp3) is 0.206. The zero-order chi connectivity index (χ0) is 30.7. The highest BCUT2D eigenvalue weighted by Crippen LogP contribution is 2.36. The van der Waals surface area contributed by atoms with Crippen molar-refractivity contribution < 1.29 is 14.3 Å². The summed E-state index contributed by atoms with van der Waals surface area (Å²) in [6.07, 6.45) is 7.25. The Bertz CT molecular complexity index is 1940. The van der Waals surface area contributed by atoms with Crippen LogP contribution >= 0.6 is 49.9 Å². The van der Waals surface area contributed by atoms with Crippen molar-refractivity contribution in [3.63, 3.8) is 0 Å². The van der Waals surface area contributed by atoms with E-state index in [1.54, 1.807) is 17.6 Å². The molecule has 0 spiro atoms. The molecule has 0 bridgehead atoms. The van der Waals surface area contributed by atoms with Gasteiger partial charge in [0, 0.05) is 15.6 Å². The van der Waals surface area contributed by atoms with Crippen molar-refractivity contribution >= 4 is 67.6 Å². The molecule has 43 heavy (non-hydrogen) atoms. The number of rotatable bonds is 8. The van der Waals surface area contributed by atoms with E-state index in [1.807, 2.05) is 66.7 Å². The molecule has 0 aliphatic carbocycles. The highest BCUT2D eigenvalue weighted by Gasteiger charge is 2.35. The third-order valence-corrected chi connectivity index (χ3v) is 9.16. The van der Waals surface area contributed by atoms with Crippen LogP contribution in [0.25, 0.3) is 11.8 Å². The molecule has 1 aliphatic heterocycles. The monoisotopic (exact) mass is 766 g/mol. The number of thiazole rings is 1. The van der Waals surface area contributed by atoms with Gasteiger partial charge in [0.25, 0.3) is 5.56 Å². The molecule has 0 radical (unpaired) electrons. The van der Waals surface area contributed by atoms with E-state index in [-0.39, 0.29) is 18.8 Å². The maximum absolute atomic E-state index is 14.3. The Morgan fingerprint density at radius 1 is 1.19 bits per heavy atom. The second-order valence-electron chi connectivity index (χ2n) is 10.1. The number of carbonyl (C=O) groups excluding carboxylic acids is 1. The average Bonchev–Trinajstić information content (AvgIpc) is 3.30. The van der Waals surface area contributed by atoms with Crippen molar-refractivity contribution in [2.45, 2.75) is 32.7 Å². The maximum Gasteiger partial charge on any atom is 0.338 e. The maximum atomic E-state index is 14.3. The first kappa shape index (κ1) is 31.0. The Labute approximate surface area is 276 Å². The van der Waals surface area contributed by atoms with Gasteiger partial charge in [0.15, 0.2) is 4.80 Å². The molecule has 1 aromatic heterocycles. The quantitative estimate of drug-likeness (QED) is 0.118. The molecule has 9 heteroatoms. The summed E-state index contributed by atoms with van der Waals surface area (Å²) in [5.41, 5.74) is 3.94. The van der Waals surface area contributed by atoms with E-state index in [4.69, 9.17) is 20.9 Å². The van der Waals surface area contributed by atoms with Crippen molar-refractivity contribution in [3.05, 3.63) is 122 Å². The summed E-state index contributed by atoms with van der Waals surface area (Å²) in [5.74, 6) is 2.91. The fourth-order valence-electron chi connectivity index (χ4n) is 4.91. The van der Waals surface area contributed by atoms with E-state index in [0.29, 0.717) is 37.8 Å². The second kappa shape index (κ2) is 13.5. The van der Waals surface area contributed by atoms with Gasteiger partial charge in [0.2, 0.25) is 0 Å². The summed E-state index contributed by atoms with van der Waals surface area (Å²) in [4.78, 5) is 33.4. The molecule has 218 valence electrons. The summed E-state index contributed by atoms with van der Waals surface area (Å²) >= 11 is 7.00. The average molecular weight is 767 g/mol. The fourth-order valence-corrected chi connectivity index (χ4v) is 7.61. The second-order valence-corrected chi connectivity index (χ2v) is 13.1. The summed E-state index contributed by atoms with van der Waals surface area (Å²) in [6.45, 7) is 6.30. The van der Waals surface area contributed by atoms with Crippen LogP contribution in [0.3, 0.4) is 0 Å². The Hall–Kier alpha value is -3.46. The molecule has 0 saturated heterocycles. The number of esters is 1. The van der Waals surface area contributed by atoms with Gasteiger partial charge in [-0.1, -0.05) is 102 Å². The van der Waals surface area contributed by atoms with Gasteiger partial charge in [-0.2, -0.15) is 0 Å². The Kier molecular flexibility index (Phi) is 9.69. The lowest BCUT2D eigenvalue weighted by molar-refractivity contribution is -0.138. The van der Waals surface area contributed by atoms with E-state index in [2.05, 4.69) is 58.3 Å². The number of fused-ring (bicyclic) bond motifs is 1. The van der Waals surface area contributed by atoms with Crippen LogP contribution in [0.5, 0.6) is 5.75 Å². The van der Waals surface area contributed by atoms with Gasteiger partial charge in [-0.05, 0) is 64.8 Å². The van der Waals surface area contributed by atoms with Crippen molar-refractivity contribution in [2.24, 2.45) is 4.99 Å². The predicted molar refractivity (Wildman–Crippen MR) is 183 cm³/mol. The number of terminal acetylenes is 1. The van der Waals surface area contributed by atoms with Crippen LogP contribution in [0.4, 0.5) is 0 Å². The van der Waals surface area contributed by atoms with Crippen LogP contribution in [0.1, 0.15) is 55.0 Å². The molecule has 0 amide bonds. The predicted octanol–water partition coefficient (Wildman–Crippen LogP) is 6.44. The molecule has 1 aliphatic rings. The van der Waals surface area contributed by atoms with Crippen molar-refractivity contribution in [3.8, 4) is 18.1 Å². The summed E-state index contributed by atoms with van der Waals surface area (Å²) in [7, 11) is 0. The molecule has 0 unspecified atom stereocenters. The van der Waals surface area contributed by atoms with Crippen molar-refractivity contribution in [1.82, 2.24) is 4.57 Å². The number of hydrogen-bond acceptors (Lipinski definition) is 6. The lowest BCUT2D eigenvalue weighted by atomic mass is 9.91. The SMILES string of the molecule is C#CCOc1c(I)cc(Br)cc1/C=c1\sc2n(c1=O)[C@H](c1ccc(C(C)C)cc1)C(C(=O)OCC)=C(c1ccccc1)N=2. The van der Waals surface area contributed by atoms with Crippen molar-refractivity contribution in [2.75, 3.05) is 13.2 Å². The molecular formula is C34H28BrIN2O4S. The number of carbonyl (C=O) groups is 1.